The quantitative estimate of drug-likeness (QED) is 0.285. The zero-order valence-electron chi connectivity index (χ0n) is 20.8. The molecule has 0 radical (unpaired) electrons. The van der Waals surface area contributed by atoms with Crippen LogP contribution in [0.5, 0.6) is 11.6 Å². The molecule has 0 saturated heterocycles. The van der Waals surface area contributed by atoms with Gasteiger partial charge in [-0.3, -0.25) is 4.79 Å². The van der Waals surface area contributed by atoms with Gasteiger partial charge in [0, 0.05) is 23.2 Å². The maximum Gasteiger partial charge on any atom is 0.251 e. The zero-order valence-corrected chi connectivity index (χ0v) is 20.8. The Morgan fingerprint density at radius 1 is 1.08 bits per heavy atom. The van der Waals surface area contributed by atoms with Crippen LogP contribution in [-0.4, -0.2) is 43.2 Å². The Hall–Kier alpha value is -4.73. The lowest BCUT2D eigenvalue weighted by atomic mass is 10.0. The second kappa shape index (κ2) is 9.73. The molecule has 0 spiro atoms. The van der Waals surface area contributed by atoms with Gasteiger partial charge in [-0.15, -0.1) is 0 Å². The van der Waals surface area contributed by atoms with E-state index in [0.717, 1.165) is 16.6 Å². The summed E-state index contributed by atoms with van der Waals surface area (Å²) in [5.41, 5.74) is 3.85. The van der Waals surface area contributed by atoms with Crippen LogP contribution in [0.4, 0.5) is 0 Å². The van der Waals surface area contributed by atoms with Crippen LogP contribution in [0.15, 0.2) is 59.3 Å². The van der Waals surface area contributed by atoms with Crippen LogP contribution in [0.2, 0.25) is 0 Å². The normalized spacial score (nSPS) is 12.1. The number of aromatic hydroxyl groups is 1. The lowest BCUT2D eigenvalue weighted by molar-refractivity contribution is 0.0932. The maximum absolute atomic E-state index is 12.9. The number of rotatable bonds is 7. The standard InChI is InChI=1S/C27H26N6O4/c1-14(2)23-32-26(37-33-23)15(3)29-25(35)17-7-9-20-21(13-17)31-24(30-20)19-12-16(8-10-22(19)34)18-6-5-11-28-27(18)36-4/h5-15,34H,1-4H3,(H,29,35)(H,30,31). The molecule has 5 aromatic rings. The van der Waals surface area contributed by atoms with E-state index in [-0.39, 0.29) is 17.6 Å². The van der Waals surface area contributed by atoms with E-state index in [1.807, 2.05) is 32.0 Å². The third-order valence-corrected chi connectivity index (χ3v) is 5.96. The Kier molecular flexibility index (Phi) is 6.31. The Bertz CT molecular complexity index is 1590. The number of H-pyrrole nitrogens is 1. The van der Waals surface area contributed by atoms with E-state index in [1.54, 1.807) is 50.6 Å². The number of imidazole rings is 1. The molecule has 188 valence electrons. The van der Waals surface area contributed by atoms with Gasteiger partial charge in [-0.25, -0.2) is 9.97 Å². The molecule has 3 aromatic heterocycles. The number of aromatic nitrogens is 5. The van der Waals surface area contributed by atoms with Crippen LogP contribution < -0.4 is 10.1 Å². The van der Waals surface area contributed by atoms with Gasteiger partial charge in [0.15, 0.2) is 5.82 Å². The molecule has 0 aliphatic rings. The number of carbonyl (C=O) groups is 1. The molecule has 0 aliphatic heterocycles. The van der Waals surface area contributed by atoms with Gasteiger partial charge >= 0.3 is 0 Å². The van der Waals surface area contributed by atoms with Gasteiger partial charge in [0.05, 0.1) is 23.7 Å². The van der Waals surface area contributed by atoms with E-state index in [2.05, 4.69) is 30.4 Å². The van der Waals surface area contributed by atoms with E-state index in [0.29, 0.717) is 40.1 Å². The molecular formula is C27H26N6O4. The summed E-state index contributed by atoms with van der Waals surface area (Å²) < 4.78 is 10.7. The third-order valence-electron chi connectivity index (χ3n) is 5.96. The fourth-order valence-corrected chi connectivity index (χ4v) is 3.94. The van der Waals surface area contributed by atoms with E-state index < -0.39 is 6.04 Å². The fraction of sp³-hybridized carbons (Fsp3) is 0.222. The molecular weight excluding hydrogens is 472 g/mol. The van der Waals surface area contributed by atoms with E-state index in [1.165, 1.54) is 0 Å². The van der Waals surface area contributed by atoms with Crippen molar-refractivity contribution in [2.24, 2.45) is 0 Å². The van der Waals surface area contributed by atoms with Gasteiger partial charge in [-0.2, -0.15) is 4.98 Å². The molecule has 3 heterocycles. The number of carbonyl (C=O) groups excluding carboxylic acids is 1. The molecule has 0 saturated carbocycles. The third kappa shape index (κ3) is 4.73. The second-order valence-corrected chi connectivity index (χ2v) is 8.95. The smallest absolute Gasteiger partial charge is 0.251 e. The number of benzene rings is 2. The second-order valence-electron chi connectivity index (χ2n) is 8.95. The Labute approximate surface area is 212 Å². The van der Waals surface area contributed by atoms with Gasteiger partial charge in [0.2, 0.25) is 11.8 Å². The SMILES string of the molecule is COc1ncccc1-c1ccc(O)c(-c2nc3cc(C(=O)NC(C)c4nc(C(C)C)no4)ccc3[nH]2)c1. The minimum absolute atomic E-state index is 0.0674. The lowest BCUT2D eigenvalue weighted by Crippen LogP contribution is -2.26. The van der Waals surface area contributed by atoms with Crippen LogP contribution in [0.3, 0.4) is 0 Å². The molecule has 1 unspecified atom stereocenters. The summed E-state index contributed by atoms with van der Waals surface area (Å²) in [6.07, 6.45) is 1.66. The fourth-order valence-electron chi connectivity index (χ4n) is 3.94. The molecule has 5 rings (SSSR count). The van der Waals surface area contributed by atoms with Crippen molar-refractivity contribution >= 4 is 16.9 Å². The average molecular weight is 499 g/mol. The van der Waals surface area contributed by atoms with Gasteiger partial charge in [0.25, 0.3) is 5.91 Å². The number of ether oxygens (including phenoxy) is 1. The predicted octanol–water partition coefficient (Wildman–Crippen LogP) is 5.00. The van der Waals surface area contributed by atoms with Crippen LogP contribution in [-0.2, 0) is 0 Å². The molecule has 0 aliphatic carbocycles. The number of hydrogen-bond acceptors (Lipinski definition) is 8. The average Bonchev–Trinajstić information content (AvgIpc) is 3.56. The van der Waals surface area contributed by atoms with Crippen LogP contribution in [0, 0.1) is 0 Å². The Balaban J connectivity index is 1.41. The molecule has 1 amide bonds. The summed E-state index contributed by atoms with van der Waals surface area (Å²) >= 11 is 0. The highest BCUT2D eigenvalue weighted by atomic mass is 16.5. The first-order chi connectivity index (χ1) is 17.8. The van der Waals surface area contributed by atoms with Crippen molar-refractivity contribution in [1.29, 1.82) is 0 Å². The van der Waals surface area contributed by atoms with Crippen LogP contribution in [0.25, 0.3) is 33.5 Å². The summed E-state index contributed by atoms with van der Waals surface area (Å²) in [6, 6.07) is 13.6. The van der Waals surface area contributed by atoms with Gasteiger partial charge < -0.3 is 24.7 Å². The maximum atomic E-state index is 12.9. The van der Waals surface area contributed by atoms with Crippen molar-refractivity contribution in [3.8, 4) is 34.1 Å². The van der Waals surface area contributed by atoms with Crippen molar-refractivity contribution in [3.63, 3.8) is 0 Å². The Morgan fingerprint density at radius 2 is 1.92 bits per heavy atom. The van der Waals surface area contributed by atoms with Gasteiger partial charge in [0.1, 0.15) is 17.6 Å². The topological polar surface area (TPSA) is 139 Å². The highest BCUT2D eigenvalue weighted by Gasteiger charge is 2.20. The first kappa shape index (κ1) is 24.0. The van der Waals surface area contributed by atoms with Crippen molar-refractivity contribution in [3.05, 3.63) is 72.0 Å². The first-order valence-corrected chi connectivity index (χ1v) is 11.8. The molecule has 2 aromatic carbocycles. The van der Waals surface area contributed by atoms with Crippen LogP contribution >= 0.6 is 0 Å². The molecule has 37 heavy (non-hydrogen) atoms. The lowest BCUT2D eigenvalue weighted by Gasteiger charge is -2.09. The molecule has 10 nitrogen and oxygen atoms in total. The molecule has 0 bridgehead atoms. The number of fused-ring (bicyclic) bond motifs is 1. The van der Waals surface area contributed by atoms with Gasteiger partial charge in [-0.05, 0) is 55.0 Å². The van der Waals surface area contributed by atoms with Gasteiger partial charge in [-0.1, -0.05) is 25.1 Å². The summed E-state index contributed by atoms with van der Waals surface area (Å²) in [7, 11) is 1.56. The summed E-state index contributed by atoms with van der Waals surface area (Å²) in [5, 5.41) is 17.4. The molecule has 3 N–H and O–H groups in total. The number of pyridine rings is 1. The van der Waals surface area contributed by atoms with E-state index >= 15 is 0 Å². The minimum atomic E-state index is -0.456. The monoisotopic (exact) mass is 498 g/mol. The minimum Gasteiger partial charge on any atom is -0.507 e. The Morgan fingerprint density at radius 3 is 2.68 bits per heavy atom. The highest BCUT2D eigenvalue weighted by molar-refractivity contribution is 5.98. The molecule has 0 fully saturated rings. The van der Waals surface area contributed by atoms with E-state index in [4.69, 9.17) is 9.26 Å². The largest absolute Gasteiger partial charge is 0.507 e. The van der Waals surface area contributed by atoms with Crippen molar-refractivity contribution in [2.75, 3.05) is 7.11 Å². The summed E-state index contributed by atoms with van der Waals surface area (Å²) in [4.78, 5) is 29.4. The number of phenolic OH excluding ortho intramolecular Hbond substituents is 1. The van der Waals surface area contributed by atoms with Crippen LogP contribution in [0.1, 0.15) is 54.8 Å². The molecule has 10 heteroatoms. The highest BCUT2D eigenvalue weighted by Crippen LogP contribution is 2.35. The first-order valence-electron chi connectivity index (χ1n) is 11.8. The summed E-state index contributed by atoms with van der Waals surface area (Å²) in [5.74, 6) is 1.79. The number of hydrogen-bond donors (Lipinski definition) is 3. The zero-order chi connectivity index (χ0) is 26.1. The predicted molar refractivity (Wildman–Crippen MR) is 137 cm³/mol. The number of methoxy groups -OCH3 is 1. The molecule has 1 atom stereocenters. The number of nitrogens with zero attached hydrogens (tertiary/aromatic N) is 4. The number of phenols is 1. The van der Waals surface area contributed by atoms with Crippen molar-refractivity contribution in [1.82, 2.24) is 30.4 Å². The van der Waals surface area contributed by atoms with E-state index in [9.17, 15) is 9.90 Å². The summed E-state index contributed by atoms with van der Waals surface area (Å²) in [6.45, 7) is 5.72. The number of nitrogens with one attached hydrogen (secondary N) is 2. The van der Waals surface area contributed by atoms with Crippen molar-refractivity contribution in [2.45, 2.75) is 32.7 Å². The number of aromatic amines is 1. The number of amides is 1. The van der Waals surface area contributed by atoms with Crippen molar-refractivity contribution < 1.29 is 19.2 Å².